The van der Waals surface area contributed by atoms with Crippen LogP contribution in [0.2, 0.25) is 0 Å². The van der Waals surface area contributed by atoms with E-state index in [4.69, 9.17) is 14.1 Å². The lowest BCUT2D eigenvalue weighted by Crippen LogP contribution is -2.42. The topological polar surface area (TPSA) is 41.7 Å². The highest BCUT2D eigenvalue weighted by Gasteiger charge is 2.24. The van der Waals surface area contributed by atoms with Gasteiger partial charge in [0.15, 0.2) is 0 Å². The number of likely N-dealkylation sites (tertiary alicyclic amines) is 1. The summed E-state index contributed by atoms with van der Waals surface area (Å²) in [5, 5.41) is 2.41. The Morgan fingerprint density at radius 3 is 2.53 bits per heavy atom. The molecular weight excluding hydrogens is 374 g/mol. The molecule has 5 heteroatoms. The van der Waals surface area contributed by atoms with Crippen LogP contribution in [0.1, 0.15) is 24.3 Å². The fourth-order valence-corrected chi connectivity index (χ4v) is 4.79. The summed E-state index contributed by atoms with van der Waals surface area (Å²) in [7, 11) is 0. The fourth-order valence-electron chi connectivity index (χ4n) is 4.79. The molecule has 158 valence electrons. The van der Waals surface area contributed by atoms with Crippen molar-refractivity contribution in [1.29, 1.82) is 0 Å². The quantitative estimate of drug-likeness (QED) is 0.631. The van der Waals surface area contributed by atoms with E-state index in [9.17, 15) is 0 Å². The normalized spacial score (nSPS) is 19.5. The molecule has 0 spiro atoms. The van der Waals surface area contributed by atoms with E-state index in [1.54, 1.807) is 0 Å². The average Bonchev–Trinajstić information content (AvgIpc) is 3.15. The van der Waals surface area contributed by atoms with Crippen molar-refractivity contribution in [3.63, 3.8) is 0 Å². The molecule has 5 rings (SSSR count). The van der Waals surface area contributed by atoms with Crippen molar-refractivity contribution in [1.82, 2.24) is 14.8 Å². The summed E-state index contributed by atoms with van der Waals surface area (Å²) in [5.41, 5.74) is 2.15. The minimum Gasteiger partial charge on any atom is -0.441 e. The Morgan fingerprint density at radius 2 is 1.70 bits per heavy atom. The molecule has 30 heavy (non-hydrogen) atoms. The predicted octanol–water partition coefficient (Wildman–Crippen LogP) is 4.35. The number of oxazole rings is 1. The Kier molecular flexibility index (Phi) is 5.84. The zero-order chi connectivity index (χ0) is 20.3. The van der Waals surface area contributed by atoms with Crippen LogP contribution in [0.15, 0.2) is 46.9 Å². The van der Waals surface area contributed by atoms with E-state index < -0.39 is 0 Å². The molecule has 2 aliphatic heterocycles. The van der Waals surface area contributed by atoms with Crippen molar-refractivity contribution < 1.29 is 9.15 Å². The number of rotatable bonds is 5. The number of piperidine rings is 1. The second-order valence-electron chi connectivity index (χ2n) is 8.68. The first-order valence-corrected chi connectivity index (χ1v) is 11.2. The minimum absolute atomic E-state index is 0.738. The Hall–Kier alpha value is -2.21. The first-order chi connectivity index (χ1) is 14.8. The summed E-state index contributed by atoms with van der Waals surface area (Å²) in [6, 6.07) is 14.7. The molecule has 0 amide bonds. The first-order valence-electron chi connectivity index (χ1n) is 11.2. The van der Waals surface area contributed by atoms with E-state index in [-0.39, 0.29) is 0 Å². The van der Waals surface area contributed by atoms with Gasteiger partial charge in [-0.2, -0.15) is 0 Å². The van der Waals surface area contributed by atoms with Crippen molar-refractivity contribution in [3.8, 4) is 11.5 Å². The highest BCUT2D eigenvalue weighted by Crippen LogP contribution is 2.30. The van der Waals surface area contributed by atoms with Crippen molar-refractivity contribution in [2.45, 2.75) is 26.3 Å². The van der Waals surface area contributed by atoms with Crippen LogP contribution in [0.4, 0.5) is 0 Å². The lowest BCUT2D eigenvalue weighted by molar-refractivity contribution is 0.0241. The zero-order valence-corrected chi connectivity index (χ0v) is 17.8. The molecule has 2 fully saturated rings. The Balaban J connectivity index is 1.23. The number of ether oxygens (including phenoxy) is 1. The summed E-state index contributed by atoms with van der Waals surface area (Å²) < 4.78 is 11.6. The molecule has 0 aliphatic carbocycles. The molecule has 2 saturated heterocycles. The highest BCUT2D eigenvalue weighted by atomic mass is 16.5. The van der Waals surface area contributed by atoms with E-state index in [1.165, 1.54) is 30.2 Å². The molecule has 0 bridgehead atoms. The standard InChI is InChI=1S/C25H31N3O2/c1-19-24(18-27-11-9-20(10-12-27)17-28-13-15-29-16-14-28)26-25(30-19)23-8-4-6-21-5-2-3-7-22(21)23/h2-8,20H,9-18H2,1H3. The molecule has 0 unspecified atom stereocenters. The third-order valence-corrected chi connectivity index (χ3v) is 6.61. The van der Waals surface area contributed by atoms with Gasteiger partial charge in [0, 0.05) is 31.7 Å². The summed E-state index contributed by atoms with van der Waals surface area (Å²) in [4.78, 5) is 10.0. The van der Waals surface area contributed by atoms with Gasteiger partial charge in [-0.05, 0) is 55.6 Å². The van der Waals surface area contributed by atoms with Crippen LogP contribution in [-0.2, 0) is 11.3 Å². The van der Waals surface area contributed by atoms with Gasteiger partial charge in [0.05, 0.1) is 18.9 Å². The van der Waals surface area contributed by atoms with Crippen LogP contribution in [0.3, 0.4) is 0 Å². The third-order valence-electron chi connectivity index (χ3n) is 6.61. The van der Waals surface area contributed by atoms with Gasteiger partial charge in [0.25, 0.3) is 0 Å². The van der Waals surface area contributed by atoms with Crippen molar-refractivity contribution in [2.75, 3.05) is 45.9 Å². The number of aryl methyl sites for hydroxylation is 1. The van der Waals surface area contributed by atoms with Crippen LogP contribution in [0.5, 0.6) is 0 Å². The van der Waals surface area contributed by atoms with Crippen LogP contribution in [-0.4, -0.2) is 60.7 Å². The zero-order valence-electron chi connectivity index (χ0n) is 17.8. The van der Waals surface area contributed by atoms with Crippen LogP contribution in [0.25, 0.3) is 22.2 Å². The molecule has 2 aliphatic rings. The smallest absolute Gasteiger partial charge is 0.227 e. The van der Waals surface area contributed by atoms with E-state index in [2.05, 4.69) is 52.3 Å². The maximum absolute atomic E-state index is 6.12. The molecule has 3 heterocycles. The molecule has 1 aromatic heterocycles. The number of morpholine rings is 1. The second-order valence-corrected chi connectivity index (χ2v) is 8.68. The van der Waals surface area contributed by atoms with Crippen LogP contribution >= 0.6 is 0 Å². The van der Waals surface area contributed by atoms with E-state index in [0.29, 0.717) is 0 Å². The molecule has 5 nitrogen and oxygen atoms in total. The van der Waals surface area contributed by atoms with Gasteiger partial charge < -0.3 is 9.15 Å². The largest absolute Gasteiger partial charge is 0.441 e. The third kappa shape index (κ3) is 4.29. The Morgan fingerprint density at radius 1 is 0.933 bits per heavy atom. The van der Waals surface area contributed by atoms with Gasteiger partial charge in [0.2, 0.25) is 5.89 Å². The minimum atomic E-state index is 0.738. The second kappa shape index (κ2) is 8.88. The van der Waals surface area contributed by atoms with Gasteiger partial charge in [-0.3, -0.25) is 9.80 Å². The number of hydrogen-bond acceptors (Lipinski definition) is 5. The molecule has 0 radical (unpaired) electrons. The summed E-state index contributed by atoms with van der Waals surface area (Å²) in [6.45, 7) is 10.4. The van der Waals surface area contributed by atoms with Crippen LogP contribution < -0.4 is 0 Å². The fraction of sp³-hybridized carbons (Fsp3) is 0.480. The Bertz CT molecular complexity index is 980. The molecule has 3 aromatic rings. The number of aromatic nitrogens is 1. The van der Waals surface area contributed by atoms with Gasteiger partial charge in [-0.1, -0.05) is 36.4 Å². The molecule has 2 aromatic carbocycles. The van der Waals surface area contributed by atoms with E-state index in [1.807, 2.05) is 6.92 Å². The molecular formula is C25H31N3O2. The van der Waals surface area contributed by atoms with Gasteiger partial charge in [0.1, 0.15) is 5.76 Å². The van der Waals surface area contributed by atoms with Crippen molar-refractivity contribution >= 4 is 10.8 Å². The Labute approximate surface area is 178 Å². The molecule has 0 saturated carbocycles. The number of hydrogen-bond donors (Lipinski definition) is 0. The van der Waals surface area contributed by atoms with Gasteiger partial charge >= 0.3 is 0 Å². The maximum Gasteiger partial charge on any atom is 0.227 e. The first kappa shape index (κ1) is 19.7. The number of fused-ring (bicyclic) bond motifs is 1. The highest BCUT2D eigenvalue weighted by molar-refractivity contribution is 5.94. The monoisotopic (exact) mass is 405 g/mol. The summed E-state index contributed by atoms with van der Waals surface area (Å²) >= 11 is 0. The molecule has 0 atom stereocenters. The van der Waals surface area contributed by atoms with Gasteiger partial charge in [-0.25, -0.2) is 4.98 Å². The van der Waals surface area contributed by atoms with Crippen molar-refractivity contribution in [2.24, 2.45) is 5.92 Å². The predicted molar refractivity (Wildman–Crippen MR) is 119 cm³/mol. The summed E-state index contributed by atoms with van der Waals surface area (Å²) in [6.07, 6.45) is 2.54. The number of nitrogens with zero attached hydrogens (tertiary/aromatic N) is 3. The maximum atomic E-state index is 6.12. The van der Waals surface area contributed by atoms with Crippen LogP contribution in [0, 0.1) is 12.8 Å². The van der Waals surface area contributed by atoms with E-state index >= 15 is 0 Å². The molecule has 0 N–H and O–H groups in total. The average molecular weight is 406 g/mol. The summed E-state index contributed by atoms with van der Waals surface area (Å²) in [5.74, 6) is 2.49. The van der Waals surface area contributed by atoms with E-state index in [0.717, 1.165) is 74.8 Å². The SMILES string of the molecule is Cc1oc(-c2cccc3ccccc23)nc1CN1CCC(CN2CCOCC2)CC1. The van der Waals surface area contributed by atoms with Crippen molar-refractivity contribution in [3.05, 3.63) is 53.9 Å². The lowest BCUT2D eigenvalue weighted by atomic mass is 9.96. The number of benzene rings is 2. The van der Waals surface area contributed by atoms with Gasteiger partial charge in [-0.15, -0.1) is 0 Å². The lowest BCUT2D eigenvalue weighted by Gasteiger charge is -2.35.